The summed E-state index contributed by atoms with van der Waals surface area (Å²) in [5.41, 5.74) is -0.369. The van der Waals surface area contributed by atoms with Crippen LogP contribution in [-0.2, 0) is 4.79 Å². The molecule has 0 bridgehead atoms. The van der Waals surface area contributed by atoms with Crippen molar-refractivity contribution in [2.24, 2.45) is 4.99 Å². The molecule has 7 heteroatoms. The normalized spacial score (nSPS) is 20.1. The van der Waals surface area contributed by atoms with Crippen LogP contribution >= 0.6 is 0 Å². The Balaban J connectivity index is 2.83. The van der Waals surface area contributed by atoms with Gasteiger partial charge in [0.1, 0.15) is 0 Å². The van der Waals surface area contributed by atoms with Gasteiger partial charge in [0.25, 0.3) is 6.43 Å². The molecule has 0 aliphatic carbocycles. The molecule has 20 heavy (non-hydrogen) atoms. The number of amides is 1. The summed E-state index contributed by atoms with van der Waals surface area (Å²) >= 11 is 0. The van der Waals surface area contributed by atoms with Crippen LogP contribution in [0.2, 0.25) is 0 Å². The number of aliphatic imine (C=N–C) groups is 1. The second-order valence-electron chi connectivity index (χ2n) is 5.85. The molecule has 1 heterocycles. The van der Waals surface area contributed by atoms with Crippen LogP contribution in [0.15, 0.2) is 4.99 Å². The quantitative estimate of drug-likeness (QED) is 0.627. The summed E-state index contributed by atoms with van der Waals surface area (Å²) in [5.74, 6) is 0.325. The molecule has 0 radical (unpaired) electrons. The van der Waals surface area contributed by atoms with E-state index in [2.05, 4.69) is 10.3 Å². The van der Waals surface area contributed by atoms with Crippen LogP contribution in [0, 0.1) is 0 Å². The van der Waals surface area contributed by atoms with E-state index in [1.165, 1.54) is 7.05 Å². The van der Waals surface area contributed by atoms with Crippen LogP contribution in [0.3, 0.4) is 0 Å². The fourth-order valence-electron chi connectivity index (χ4n) is 2.81. The van der Waals surface area contributed by atoms with E-state index < -0.39 is 13.0 Å². The third-order valence-electron chi connectivity index (χ3n) is 3.27. The Bertz CT molecular complexity index is 383. The Morgan fingerprint density at radius 1 is 1.45 bits per heavy atom. The lowest BCUT2D eigenvalue weighted by atomic mass is 9.96. The molecule has 1 saturated heterocycles. The maximum atomic E-state index is 12.3. The molecule has 1 N–H and O–H groups in total. The van der Waals surface area contributed by atoms with Crippen LogP contribution in [0.1, 0.15) is 27.7 Å². The van der Waals surface area contributed by atoms with Gasteiger partial charge in [0, 0.05) is 19.6 Å². The summed E-state index contributed by atoms with van der Waals surface area (Å²) in [7, 11) is 1.53. The van der Waals surface area contributed by atoms with Gasteiger partial charge in [-0.2, -0.15) is 0 Å². The van der Waals surface area contributed by atoms with Crippen LogP contribution in [0.4, 0.5) is 8.78 Å². The molecule has 1 fully saturated rings. The molecule has 1 aliphatic rings. The maximum absolute atomic E-state index is 12.3. The van der Waals surface area contributed by atoms with Gasteiger partial charge in [-0.15, -0.1) is 0 Å². The number of hydrogen-bond acceptors (Lipinski definition) is 2. The summed E-state index contributed by atoms with van der Waals surface area (Å²) in [6, 6.07) is 0.107. The van der Waals surface area contributed by atoms with Gasteiger partial charge in [-0.05, 0) is 27.7 Å². The number of piperazine rings is 1. The average molecular weight is 290 g/mol. The van der Waals surface area contributed by atoms with Crippen molar-refractivity contribution in [3.05, 3.63) is 0 Å². The van der Waals surface area contributed by atoms with Gasteiger partial charge in [0.2, 0.25) is 5.91 Å². The first-order valence-corrected chi connectivity index (χ1v) is 6.75. The first-order valence-electron chi connectivity index (χ1n) is 6.75. The second kappa shape index (κ2) is 6.37. The highest BCUT2D eigenvalue weighted by molar-refractivity contribution is 5.88. The van der Waals surface area contributed by atoms with Crippen molar-refractivity contribution in [3.8, 4) is 0 Å². The van der Waals surface area contributed by atoms with Gasteiger partial charge in [0.05, 0.1) is 18.6 Å². The zero-order chi connectivity index (χ0) is 15.5. The third-order valence-corrected chi connectivity index (χ3v) is 3.27. The molecule has 0 aromatic carbocycles. The monoisotopic (exact) mass is 290 g/mol. The van der Waals surface area contributed by atoms with E-state index in [-0.39, 0.29) is 24.0 Å². The second-order valence-corrected chi connectivity index (χ2v) is 5.85. The zero-order valence-electron chi connectivity index (χ0n) is 12.8. The number of halogens is 2. The Kier molecular flexibility index (Phi) is 5.30. The van der Waals surface area contributed by atoms with Crippen molar-refractivity contribution in [3.63, 3.8) is 0 Å². The largest absolute Gasteiger partial charge is 0.350 e. The van der Waals surface area contributed by atoms with Gasteiger partial charge in [-0.1, -0.05) is 0 Å². The molecule has 0 saturated carbocycles. The highest BCUT2D eigenvalue weighted by Gasteiger charge is 2.40. The predicted molar refractivity (Wildman–Crippen MR) is 75.0 cm³/mol. The lowest BCUT2D eigenvalue weighted by Gasteiger charge is -2.49. The highest BCUT2D eigenvalue weighted by Crippen LogP contribution is 2.24. The predicted octanol–water partition coefficient (Wildman–Crippen LogP) is 1.16. The van der Waals surface area contributed by atoms with Crippen molar-refractivity contribution >= 4 is 11.9 Å². The minimum absolute atomic E-state index is 0.0174. The third kappa shape index (κ3) is 3.80. The molecule has 0 atom stereocenters. The van der Waals surface area contributed by atoms with E-state index in [4.69, 9.17) is 0 Å². The number of hydrogen-bond donors (Lipinski definition) is 1. The number of rotatable bonds is 3. The first-order chi connectivity index (χ1) is 9.19. The van der Waals surface area contributed by atoms with Crippen molar-refractivity contribution in [2.75, 3.05) is 26.7 Å². The number of guanidine groups is 1. The molecule has 1 rings (SSSR count). The molecule has 0 aromatic rings. The molecule has 0 spiro atoms. The van der Waals surface area contributed by atoms with E-state index in [0.717, 1.165) is 0 Å². The van der Waals surface area contributed by atoms with Crippen LogP contribution < -0.4 is 5.32 Å². The van der Waals surface area contributed by atoms with Gasteiger partial charge in [-0.25, -0.2) is 8.78 Å². The van der Waals surface area contributed by atoms with E-state index in [1.807, 2.05) is 32.6 Å². The average Bonchev–Trinajstić information content (AvgIpc) is 2.26. The number of alkyl halides is 2. The standard InChI is InChI=1S/C13H24F2N4O/c1-9(2)19-11(20)7-18(8-13(19,3)4)12(16-5)17-6-10(14)15/h9-10H,6-8H2,1-5H3,(H,16,17). The fraction of sp³-hybridized carbons (Fsp3) is 0.846. The minimum Gasteiger partial charge on any atom is -0.350 e. The topological polar surface area (TPSA) is 47.9 Å². The number of carbonyl (C=O) groups excluding carboxylic acids is 1. The summed E-state index contributed by atoms with van der Waals surface area (Å²) in [5, 5.41) is 2.60. The van der Waals surface area contributed by atoms with Crippen LogP contribution in [0.25, 0.3) is 0 Å². The lowest BCUT2D eigenvalue weighted by Crippen LogP contribution is -2.66. The molecular weight excluding hydrogens is 266 g/mol. The number of nitrogens with zero attached hydrogens (tertiary/aromatic N) is 3. The zero-order valence-corrected chi connectivity index (χ0v) is 12.8. The van der Waals surface area contributed by atoms with Crippen molar-refractivity contribution in [1.82, 2.24) is 15.1 Å². The first kappa shape index (κ1) is 16.7. The lowest BCUT2D eigenvalue weighted by molar-refractivity contribution is -0.145. The molecular formula is C13H24F2N4O. The maximum Gasteiger partial charge on any atom is 0.255 e. The molecule has 5 nitrogen and oxygen atoms in total. The number of nitrogens with one attached hydrogen (secondary N) is 1. The van der Waals surface area contributed by atoms with Gasteiger partial charge < -0.3 is 15.1 Å². The Labute approximate surface area is 119 Å². The van der Waals surface area contributed by atoms with E-state index in [9.17, 15) is 13.6 Å². The van der Waals surface area contributed by atoms with Gasteiger partial charge in [-0.3, -0.25) is 9.79 Å². The highest BCUT2D eigenvalue weighted by atomic mass is 19.3. The summed E-state index contributed by atoms with van der Waals surface area (Å²) in [6.07, 6.45) is -2.45. The Hall–Kier alpha value is -1.40. The molecule has 1 amide bonds. The van der Waals surface area contributed by atoms with Crippen LogP contribution in [-0.4, -0.2) is 66.4 Å². The summed E-state index contributed by atoms with van der Waals surface area (Å²) in [4.78, 5) is 19.8. The van der Waals surface area contributed by atoms with Gasteiger partial charge >= 0.3 is 0 Å². The number of carbonyl (C=O) groups is 1. The molecule has 116 valence electrons. The van der Waals surface area contributed by atoms with Crippen LogP contribution in [0.5, 0.6) is 0 Å². The summed E-state index contributed by atoms with van der Waals surface area (Å²) in [6.45, 7) is 8.13. The van der Waals surface area contributed by atoms with E-state index in [1.54, 1.807) is 4.90 Å². The SMILES string of the molecule is CN=C(NCC(F)F)N1CC(=O)N(C(C)C)C(C)(C)C1. The van der Waals surface area contributed by atoms with Crippen molar-refractivity contribution < 1.29 is 13.6 Å². The van der Waals surface area contributed by atoms with Crippen molar-refractivity contribution in [2.45, 2.75) is 45.7 Å². The van der Waals surface area contributed by atoms with E-state index >= 15 is 0 Å². The minimum atomic E-state index is -2.45. The smallest absolute Gasteiger partial charge is 0.255 e. The molecule has 0 unspecified atom stereocenters. The Morgan fingerprint density at radius 2 is 2.05 bits per heavy atom. The summed E-state index contributed by atoms with van der Waals surface area (Å²) < 4.78 is 24.6. The van der Waals surface area contributed by atoms with Crippen molar-refractivity contribution in [1.29, 1.82) is 0 Å². The Morgan fingerprint density at radius 3 is 2.45 bits per heavy atom. The molecule has 1 aliphatic heterocycles. The van der Waals surface area contributed by atoms with E-state index in [0.29, 0.717) is 12.5 Å². The fourth-order valence-corrected chi connectivity index (χ4v) is 2.81. The molecule has 0 aromatic heterocycles. The van der Waals surface area contributed by atoms with Gasteiger partial charge in [0.15, 0.2) is 5.96 Å².